The van der Waals surface area contributed by atoms with Crippen LogP contribution in [-0.4, -0.2) is 17.5 Å². The summed E-state index contributed by atoms with van der Waals surface area (Å²) in [7, 11) is 0. The third-order valence-corrected chi connectivity index (χ3v) is 5.03. The van der Waals surface area contributed by atoms with Gasteiger partial charge in [0.25, 0.3) is 0 Å². The zero-order valence-electron chi connectivity index (χ0n) is 10.6. The van der Waals surface area contributed by atoms with Crippen molar-refractivity contribution >= 4 is 15.9 Å². The molecule has 94 valence electrons. The van der Waals surface area contributed by atoms with Crippen LogP contribution in [0.25, 0.3) is 0 Å². The molecule has 1 aromatic carbocycles. The first-order valence-electron chi connectivity index (χ1n) is 6.08. The first kappa shape index (κ1) is 12.7. The maximum absolute atomic E-state index is 6.06. The number of halogens is 1. The van der Waals surface area contributed by atoms with E-state index in [0.717, 1.165) is 17.9 Å². The maximum Gasteiger partial charge on any atom is 0.161 e. The van der Waals surface area contributed by atoms with E-state index in [-0.39, 0.29) is 11.5 Å². The minimum Gasteiger partial charge on any atom is -0.490 e. The highest BCUT2D eigenvalue weighted by Gasteiger charge is 2.48. The third-order valence-electron chi connectivity index (χ3n) is 3.48. The predicted octanol–water partition coefficient (Wildman–Crippen LogP) is 4.03. The van der Waals surface area contributed by atoms with Gasteiger partial charge >= 0.3 is 0 Å². The largest absolute Gasteiger partial charge is 0.490 e. The molecule has 17 heavy (non-hydrogen) atoms. The number of ether oxygens (including phenoxy) is 2. The van der Waals surface area contributed by atoms with Gasteiger partial charge in [-0.2, -0.15) is 0 Å². The van der Waals surface area contributed by atoms with Crippen molar-refractivity contribution in [3.05, 3.63) is 24.3 Å². The number of alkyl halides is 1. The predicted molar refractivity (Wildman–Crippen MR) is 73.1 cm³/mol. The second-order valence-corrected chi connectivity index (χ2v) is 6.12. The van der Waals surface area contributed by atoms with Crippen molar-refractivity contribution in [1.29, 1.82) is 0 Å². The van der Waals surface area contributed by atoms with E-state index in [1.807, 2.05) is 31.2 Å². The summed E-state index contributed by atoms with van der Waals surface area (Å²) < 4.78 is 11.6. The zero-order chi connectivity index (χ0) is 12.5. The summed E-state index contributed by atoms with van der Waals surface area (Å²) in [5.74, 6) is 1.69. The SMILES string of the molecule is CCOc1ccccc1OC1CC(Br)C1(C)C. The van der Waals surface area contributed by atoms with E-state index in [2.05, 4.69) is 29.8 Å². The average molecular weight is 299 g/mol. The summed E-state index contributed by atoms with van der Waals surface area (Å²) in [5, 5.41) is 0. The van der Waals surface area contributed by atoms with Gasteiger partial charge in [-0.3, -0.25) is 0 Å². The summed E-state index contributed by atoms with van der Waals surface area (Å²) in [5.41, 5.74) is 0.180. The highest BCUT2D eigenvalue weighted by molar-refractivity contribution is 9.09. The molecule has 0 aromatic heterocycles. The topological polar surface area (TPSA) is 18.5 Å². The first-order chi connectivity index (χ1) is 8.05. The van der Waals surface area contributed by atoms with Crippen molar-refractivity contribution in [3.63, 3.8) is 0 Å². The second kappa shape index (κ2) is 4.89. The van der Waals surface area contributed by atoms with Crippen molar-refractivity contribution in [2.75, 3.05) is 6.61 Å². The van der Waals surface area contributed by atoms with Gasteiger partial charge in [0.1, 0.15) is 6.10 Å². The lowest BCUT2D eigenvalue weighted by molar-refractivity contribution is -0.00954. The first-order valence-corrected chi connectivity index (χ1v) is 6.99. The quantitative estimate of drug-likeness (QED) is 0.782. The van der Waals surface area contributed by atoms with Gasteiger partial charge in [0.15, 0.2) is 11.5 Å². The summed E-state index contributed by atoms with van der Waals surface area (Å²) in [6, 6.07) is 7.88. The molecule has 1 saturated carbocycles. The number of para-hydroxylation sites is 2. The molecule has 0 saturated heterocycles. The van der Waals surface area contributed by atoms with E-state index in [9.17, 15) is 0 Å². The molecule has 0 N–H and O–H groups in total. The van der Waals surface area contributed by atoms with E-state index < -0.39 is 0 Å². The van der Waals surface area contributed by atoms with Crippen molar-refractivity contribution < 1.29 is 9.47 Å². The highest BCUT2D eigenvalue weighted by atomic mass is 79.9. The molecule has 1 aliphatic carbocycles. The fourth-order valence-corrected chi connectivity index (χ4v) is 2.65. The van der Waals surface area contributed by atoms with Crippen molar-refractivity contribution in [3.8, 4) is 11.5 Å². The summed E-state index contributed by atoms with van der Waals surface area (Å²) >= 11 is 3.67. The molecule has 3 heteroatoms. The zero-order valence-corrected chi connectivity index (χ0v) is 12.2. The molecule has 0 heterocycles. The van der Waals surface area contributed by atoms with E-state index in [0.29, 0.717) is 11.4 Å². The van der Waals surface area contributed by atoms with E-state index in [1.54, 1.807) is 0 Å². The number of benzene rings is 1. The van der Waals surface area contributed by atoms with Crippen LogP contribution in [0.3, 0.4) is 0 Å². The Kier molecular flexibility index (Phi) is 3.67. The van der Waals surface area contributed by atoms with Crippen LogP contribution < -0.4 is 9.47 Å². The van der Waals surface area contributed by atoms with Crippen LogP contribution in [0, 0.1) is 5.41 Å². The van der Waals surface area contributed by atoms with Crippen LogP contribution in [0.2, 0.25) is 0 Å². The van der Waals surface area contributed by atoms with Crippen LogP contribution in [0.1, 0.15) is 27.2 Å². The van der Waals surface area contributed by atoms with Crippen LogP contribution in [0.5, 0.6) is 11.5 Å². The summed E-state index contributed by atoms with van der Waals surface area (Å²) in [4.78, 5) is 0.541. The standard InChI is InChI=1S/C14H19BrO2/c1-4-16-10-7-5-6-8-11(10)17-13-9-12(15)14(13,2)3/h5-8,12-13H,4,9H2,1-3H3. The molecular formula is C14H19BrO2. The highest BCUT2D eigenvalue weighted by Crippen LogP contribution is 2.48. The lowest BCUT2D eigenvalue weighted by Crippen LogP contribution is -2.53. The van der Waals surface area contributed by atoms with Crippen LogP contribution in [-0.2, 0) is 0 Å². The van der Waals surface area contributed by atoms with Crippen LogP contribution in [0.4, 0.5) is 0 Å². The van der Waals surface area contributed by atoms with Gasteiger partial charge in [-0.25, -0.2) is 0 Å². The number of hydrogen-bond donors (Lipinski definition) is 0. The third kappa shape index (κ3) is 2.44. The number of hydrogen-bond acceptors (Lipinski definition) is 2. The smallest absolute Gasteiger partial charge is 0.161 e. The van der Waals surface area contributed by atoms with Crippen molar-refractivity contribution in [2.24, 2.45) is 5.41 Å². The van der Waals surface area contributed by atoms with Crippen LogP contribution >= 0.6 is 15.9 Å². The van der Waals surface area contributed by atoms with Gasteiger partial charge in [0.2, 0.25) is 0 Å². The fourth-order valence-electron chi connectivity index (χ4n) is 2.01. The Morgan fingerprint density at radius 3 is 2.47 bits per heavy atom. The van der Waals surface area contributed by atoms with Crippen molar-refractivity contribution in [2.45, 2.75) is 38.1 Å². The Morgan fingerprint density at radius 2 is 1.94 bits per heavy atom. The molecular weight excluding hydrogens is 280 g/mol. The average Bonchev–Trinajstić information content (AvgIpc) is 2.31. The lowest BCUT2D eigenvalue weighted by atomic mass is 9.69. The lowest BCUT2D eigenvalue weighted by Gasteiger charge is -2.48. The van der Waals surface area contributed by atoms with Gasteiger partial charge in [0, 0.05) is 10.2 Å². The van der Waals surface area contributed by atoms with Gasteiger partial charge < -0.3 is 9.47 Å². The Morgan fingerprint density at radius 1 is 1.29 bits per heavy atom. The molecule has 0 spiro atoms. The normalized spacial score (nSPS) is 26.1. The van der Waals surface area contributed by atoms with Crippen molar-refractivity contribution in [1.82, 2.24) is 0 Å². The second-order valence-electron chi connectivity index (χ2n) is 5.01. The Labute approximate surface area is 111 Å². The molecule has 1 aliphatic rings. The van der Waals surface area contributed by atoms with E-state index >= 15 is 0 Å². The minimum absolute atomic E-state index is 0.180. The maximum atomic E-state index is 6.06. The molecule has 2 nitrogen and oxygen atoms in total. The Balaban J connectivity index is 2.09. The Bertz CT molecular complexity index is 390. The van der Waals surface area contributed by atoms with Gasteiger partial charge in [-0.05, 0) is 25.5 Å². The molecule has 1 fully saturated rings. The van der Waals surface area contributed by atoms with E-state index in [4.69, 9.17) is 9.47 Å². The van der Waals surface area contributed by atoms with Gasteiger partial charge in [0.05, 0.1) is 6.61 Å². The molecule has 0 bridgehead atoms. The molecule has 0 aliphatic heterocycles. The molecule has 1 aromatic rings. The molecule has 0 radical (unpaired) electrons. The fraction of sp³-hybridized carbons (Fsp3) is 0.571. The summed E-state index contributed by atoms with van der Waals surface area (Å²) in [6.45, 7) is 7.10. The van der Waals surface area contributed by atoms with E-state index in [1.165, 1.54) is 0 Å². The monoisotopic (exact) mass is 298 g/mol. The Hall–Kier alpha value is -0.700. The molecule has 0 amide bonds. The molecule has 2 unspecified atom stereocenters. The molecule has 2 rings (SSSR count). The minimum atomic E-state index is 0.180. The number of rotatable bonds is 4. The van der Waals surface area contributed by atoms with Gasteiger partial charge in [-0.15, -0.1) is 0 Å². The molecule has 2 atom stereocenters. The van der Waals surface area contributed by atoms with Crippen LogP contribution in [0.15, 0.2) is 24.3 Å². The van der Waals surface area contributed by atoms with Gasteiger partial charge in [-0.1, -0.05) is 41.9 Å². The summed E-state index contributed by atoms with van der Waals surface area (Å²) in [6.07, 6.45) is 1.31.